The number of rotatable bonds is 48. The van der Waals surface area contributed by atoms with Gasteiger partial charge in [-0.2, -0.15) is 0 Å². The standard InChI is InChI=1S/C55H100O5/c1-4-7-10-13-16-19-21-23-25-27-28-30-31-33-35-37-39-42-45-48-54(56)59-52-53(51-58-50-47-44-41-18-15-12-9-6-3)60-55(57)49-46-43-40-38-36-34-32-29-26-24-22-20-17-14-11-8-5-2/h7,10,16,19,23,25,28,30,53H,4-6,8-9,11-15,17-18,20-22,24,26-27,29,31-52H2,1-3H3/b10-7-,19-16-,25-23-,30-28-. The molecule has 1 atom stereocenters. The minimum Gasteiger partial charge on any atom is -0.462 e. The van der Waals surface area contributed by atoms with Gasteiger partial charge in [0.15, 0.2) is 6.10 Å². The number of hydrogen-bond donors (Lipinski definition) is 0. The van der Waals surface area contributed by atoms with Crippen LogP contribution < -0.4 is 0 Å². The second kappa shape index (κ2) is 51.2. The van der Waals surface area contributed by atoms with Gasteiger partial charge in [-0.05, 0) is 57.8 Å². The van der Waals surface area contributed by atoms with E-state index in [0.29, 0.717) is 19.4 Å². The number of unbranched alkanes of at least 4 members (excludes halogenated alkanes) is 29. The lowest BCUT2D eigenvalue weighted by atomic mass is 10.0. The monoisotopic (exact) mass is 841 g/mol. The fourth-order valence-electron chi connectivity index (χ4n) is 7.50. The third kappa shape index (κ3) is 48.5. The van der Waals surface area contributed by atoms with Gasteiger partial charge in [0.25, 0.3) is 0 Å². The molecule has 60 heavy (non-hydrogen) atoms. The molecule has 0 aromatic rings. The first kappa shape index (κ1) is 57.9. The van der Waals surface area contributed by atoms with E-state index in [0.717, 1.165) is 77.0 Å². The van der Waals surface area contributed by atoms with Crippen molar-refractivity contribution in [2.75, 3.05) is 19.8 Å². The predicted octanol–water partition coefficient (Wildman–Crippen LogP) is 17.6. The van der Waals surface area contributed by atoms with Gasteiger partial charge < -0.3 is 14.2 Å². The first-order chi connectivity index (χ1) is 29.6. The van der Waals surface area contributed by atoms with E-state index in [9.17, 15) is 9.59 Å². The molecule has 5 heteroatoms. The molecule has 0 N–H and O–H groups in total. The molecule has 350 valence electrons. The van der Waals surface area contributed by atoms with E-state index < -0.39 is 6.10 Å². The average molecular weight is 841 g/mol. The van der Waals surface area contributed by atoms with E-state index >= 15 is 0 Å². The van der Waals surface area contributed by atoms with Crippen LogP contribution in [0.15, 0.2) is 48.6 Å². The molecule has 0 radical (unpaired) electrons. The summed E-state index contributed by atoms with van der Waals surface area (Å²) >= 11 is 0. The smallest absolute Gasteiger partial charge is 0.306 e. The molecule has 0 rings (SSSR count). The molecule has 0 spiro atoms. The minimum atomic E-state index is -0.536. The molecule has 0 aliphatic heterocycles. The van der Waals surface area contributed by atoms with Crippen molar-refractivity contribution in [3.05, 3.63) is 48.6 Å². The van der Waals surface area contributed by atoms with Crippen LogP contribution in [0.2, 0.25) is 0 Å². The largest absolute Gasteiger partial charge is 0.462 e. The highest BCUT2D eigenvalue weighted by molar-refractivity contribution is 5.70. The molecule has 0 bridgehead atoms. The first-order valence-electron chi connectivity index (χ1n) is 26.2. The Labute approximate surface area is 373 Å². The maximum absolute atomic E-state index is 12.8. The maximum atomic E-state index is 12.8. The molecule has 0 aliphatic carbocycles. The topological polar surface area (TPSA) is 61.8 Å². The van der Waals surface area contributed by atoms with Crippen molar-refractivity contribution >= 4 is 11.9 Å². The quantitative estimate of drug-likeness (QED) is 0.0347. The zero-order valence-electron chi connectivity index (χ0n) is 40.2. The summed E-state index contributed by atoms with van der Waals surface area (Å²) in [7, 11) is 0. The molecule has 5 nitrogen and oxygen atoms in total. The maximum Gasteiger partial charge on any atom is 0.306 e. The third-order valence-electron chi connectivity index (χ3n) is 11.4. The van der Waals surface area contributed by atoms with Crippen molar-refractivity contribution in [2.24, 2.45) is 0 Å². The van der Waals surface area contributed by atoms with Crippen LogP contribution in [0, 0.1) is 0 Å². The molecule has 0 amide bonds. The van der Waals surface area contributed by atoms with E-state index in [1.807, 2.05) is 0 Å². The lowest BCUT2D eigenvalue weighted by molar-refractivity contribution is -0.163. The van der Waals surface area contributed by atoms with Crippen LogP contribution in [0.1, 0.15) is 265 Å². The molecular formula is C55H100O5. The Hall–Kier alpha value is -2.14. The normalized spacial score (nSPS) is 12.5. The summed E-state index contributed by atoms with van der Waals surface area (Å²) in [5.74, 6) is -0.402. The third-order valence-corrected chi connectivity index (χ3v) is 11.4. The van der Waals surface area contributed by atoms with Crippen LogP contribution in [0.4, 0.5) is 0 Å². The minimum absolute atomic E-state index is 0.0817. The van der Waals surface area contributed by atoms with Crippen molar-refractivity contribution in [3.63, 3.8) is 0 Å². The van der Waals surface area contributed by atoms with E-state index in [2.05, 4.69) is 69.4 Å². The summed E-state index contributed by atoms with van der Waals surface area (Å²) in [6.45, 7) is 7.72. The van der Waals surface area contributed by atoms with Crippen LogP contribution in [-0.4, -0.2) is 37.9 Å². The molecule has 0 fully saturated rings. The van der Waals surface area contributed by atoms with Crippen molar-refractivity contribution in [2.45, 2.75) is 271 Å². The zero-order valence-corrected chi connectivity index (χ0v) is 40.2. The Morgan fingerprint density at radius 3 is 1.20 bits per heavy atom. The van der Waals surface area contributed by atoms with Crippen LogP contribution in [-0.2, 0) is 23.8 Å². The van der Waals surface area contributed by atoms with Crippen LogP contribution in [0.3, 0.4) is 0 Å². The van der Waals surface area contributed by atoms with E-state index in [1.165, 1.54) is 154 Å². The van der Waals surface area contributed by atoms with Crippen molar-refractivity contribution in [1.82, 2.24) is 0 Å². The number of hydrogen-bond acceptors (Lipinski definition) is 5. The second-order valence-corrected chi connectivity index (χ2v) is 17.4. The Morgan fingerprint density at radius 1 is 0.383 bits per heavy atom. The van der Waals surface area contributed by atoms with Crippen LogP contribution in [0.25, 0.3) is 0 Å². The highest BCUT2D eigenvalue weighted by atomic mass is 16.6. The average Bonchev–Trinajstić information content (AvgIpc) is 3.25. The number of ether oxygens (including phenoxy) is 3. The van der Waals surface area contributed by atoms with Crippen molar-refractivity contribution < 1.29 is 23.8 Å². The summed E-state index contributed by atoms with van der Waals surface area (Å²) in [4.78, 5) is 25.4. The summed E-state index contributed by atoms with van der Waals surface area (Å²) < 4.78 is 17.3. The summed E-state index contributed by atoms with van der Waals surface area (Å²) in [6.07, 6.45) is 62.6. The molecule has 0 saturated heterocycles. The van der Waals surface area contributed by atoms with Crippen LogP contribution in [0.5, 0.6) is 0 Å². The Kier molecular flexibility index (Phi) is 49.4. The molecule has 0 aromatic carbocycles. The van der Waals surface area contributed by atoms with E-state index in [1.54, 1.807) is 0 Å². The lowest BCUT2D eigenvalue weighted by Crippen LogP contribution is -2.30. The van der Waals surface area contributed by atoms with Crippen molar-refractivity contribution in [1.29, 1.82) is 0 Å². The molecule has 1 unspecified atom stereocenters. The number of carbonyl (C=O) groups is 2. The molecule has 0 heterocycles. The first-order valence-corrected chi connectivity index (χ1v) is 26.2. The number of carbonyl (C=O) groups excluding carboxylic acids is 2. The van der Waals surface area contributed by atoms with Gasteiger partial charge >= 0.3 is 11.9 Å². The van der Waals surface area contributed by atoms with Gasteiger partial charge in [0.2, 0.25) is 0 Å². The van der Waals surface area contributed by atoms with E-state index in [-0.39, 0.29) is 25.2 Å². The summed E-state index contributed by atoms with van der Waals surface area (Å²) in [5, 5.41) is 0. The molecular weight excluding hydrogens is 741 g/mol. The predicted molar refractivity (Wildman–Crippen MR) is 261 cm³/mol. The van der Waals surface area contributed by atoms with Crippen molar-refractivity contribution in [3.8, 4) is 0 Å². The second-order valence-electron chi connectivity index (χ2n) is 17.4. The fourth-order valence-corrected chi connectivity index (χ4v) is 7.50. The zero-order chi connectivity index (χ0) is 43.5. The van der Waals surface area contributed by atoms with Gasteiger partial charge in [-0.3, -0.25) is 9.59 Å². The van der Waals surface area contributed by atoms with Gasteiger partial charge in [0.1, 0.15) is 6.61 Å². The van der Waals surface area contributed by atoms with Gasteiger partial charge in [-0.25, -0.2) is 0 Å². The summed E-state index contributed by atoms with van der Waals surface area (Å²) in [6, 6.07) is 0. The van der Waals surface area contributed by atoms with Gasteiger partial charge in [0.05, 0.1) is 6.61 Å². The number of allylic oxidation sites excluding steroid dienone is 8. The highest BCUT2D eigenvalue weighted by Crippen LogP contribution is 2.16. The van der Waals surface area contributed by atoms with E-state index in [4.69, 9.17) is 14.2 Å². The Bertz CT molecular complexity index is 997. The lowest BCUT2D eigenvalue weighted by Gasteiger charge is -2.18. The SMILES string of the molecule is CC/C=C\C/C=C\C/C=C\C/C=C\CCCCCCCCC(=O)OCC(COCCCCCCCCCC)OC(=O)CCCCCCCCCCCCCCCCCCC. The van der Waals surface area contributed by atoms with Gasteiger partial charge in [0, 0.05) is 19.4 Å². The van der Waals surface area contributed by atoms with Gasteiger partial charge in [-0.15, -0.1) is 0 Å². The number of esters is 2. The molecule has 0 aliphatic rings. The van der Waals surface area contributed by atoms with Crippen LogP contribution >= 0.6 is 0 Å². The van der Waals surface area contributed by atoms with Gasteiger partial charge in [-0.1, -0.05) is 243 Å². The Morgan fingerprint density at radius 2 is 0.750 bits per heavy atom. The molecule has 0 aromatic heterocycles. The fraction of sp³-hybridized carbons (Fsp3) is 0.818. The highest BCUT2D eigenvalue weighted by Gasteiger charge is 2.17. The Balaban J connectivity index is 4.15. The summed E-state index contributed by atoms with van der Waals surface area (Å²) in [5.41, 5.74) is 0. The molecule has 0 saturated carbocycles.